The van der Waals surface area contributed by atoms with Crippen LogP contribution in [0.2, 0.25) is 0 Å². The molecule has 4 rings (SSSR count). The van der Waals surface area contributed by atoms with E-state index in [4.69, 9.17) is 0 Å². The van der Waals surface area contributed by atoms with Crippen molar-refractivity contribution < 1.29 is 16.8 Å². The average Bonchev–Trinajstić information content (AvgIpc) is 2.98. The fourth-order valence-corrected chi connectivity index (χ4v) is 6.71. The van der Waals surface area contributed by atoms with Gasteiger partial charge in [0.05, 0.1) is 5.69 Å². The summed E-state index contributed by atoms with van der Waals surface area (Å²) in [5, 5.41) is -0.783. The highest BCUT2D eigenvalue weighted by molar-refractivity contribution is 7.94. The summed E-state index contributed by atoms with van der Waals surface area (Å²) in [5.41, 5.74) is 1.71. The van der Waals surface area contributed by atoms with E-state index < -0.39 is 25.3 Å². The van der Waals surface area contributed by atoms with Gasteiger partial charge in [-0.1, -0.05) is 24.3 Å². The van der Waals surface area contributed by atoms with E-state index in [0.717, 1.165) is 5.56 Å². The Balaban J connectivity index is 1.53. The molecule has 0 bridgehead atoms. The molecule has 9 heteroatoms. The predicted octanol–water partition coefficient (Wildman–Crippen LogP) is 0.847. The van der Waals surface area contributed by atoms with Crippen LogP contribution in [-0.4, -0.2) is 51.0 Å². The van der Waals surface area contributed by atoms with Gasteiger partial charge in [0.2, 0.25) is 10.0 Å². The lowest BCUT2D eigenvalue weighted by Gasteiger charge is -2.39. The SMILES string of the molecule is O=S(=O)(c1ccccn1)N1CC(S(=O)(=O)N2CCc3ccccc32)C1. The minimum atomic E-state index is -3.74. The van der Waals surface area contributed by atoms with Gasteiger partial charge in [-0.3, -0.25) is 4.31 Å². The Morgan fingerprint density at radius 2 is 1.68 bits per heavy atom. The lowest BCUT2D eigenvalue weighted by atomic mass is 10.2. The molecule has 3 heterocycles. The molecule has 2 aliphatic rings. The number of pyridine rings is 1. The van der Waals surface area contributed by atoms with E-state index in [1.54, 1.807) is 18.2 Å². The van der Waals surface area contributed by atoms with Crippen LogP contribution in [0.1, 0.15) is 5.56 Å². The summed E-state index contributed by atoms with van der Waals surface area (Å²) in [7, 11) is -7.32. The molecule has 2 aliphatic heterocycles. The van der Waals surface area contributed by atoms with Crippen molar-refractivity contribution in [2.24, 2.45) is 0 Å². The zero-order chi connectivity index (χ0) is 17.7. The molecular formula is C16H17N3O4S2. The molecule has 0 radical (unpaired) electrons. The van der Waals surface area contributed by atoms with Crippen LogP contribution in [0.3, 0.4) is 0 Å². The summed E-state index contributed by atoms with van der Waals surface area (Å²) in [4.78, 5) is 3.86. The average molecular weight is 379 g/mol. The monoisotopic (exact) mass is 379 g/mol. The molecule has 132 valence electrons. The van der Waals surface area contributed by atoms with Crippen LogP contribution in [0.15, 0.2) is 53.7 Å². The molecule has 25 heavy (non-hydrogen) atoms. The van der Waals surface area contributed by atoms with Gasteiger partial charge in [0.1, 0.15) is 5.25 Å². The van der Waals surface area contributed by atoms with Gasteiger partial charge in [-0.25, -0.2) is 21.8 Å². The van der Waals surface area contributed by atoms with Gasteiger partial charge in [-0.05, 0) is 30.2 Å². The first-order chi connectivity index (χ1) is 11.9. The fourth-order valence-electron chi connectivity index (χ4n) is 3.17. The Labute approximate surface area is 147 Å². The molecule has 0 spiro atoms. The minimum Gasteiger partial charge on any atom is -0.269 e. The number of anilines is 1. The molecule has 7 nitrogen and oxygen atoms in total. The molecule has 0 N–H and O–H groups in total. The number of hydrogen-bond donors (Lipinski definition) is 0. The van der Waals surface area contributed by atoms with Gasteiger partial charge in [0.15, 0.2) is 5.03 Å². The summed E-state index contributed by atoms with van der Waals surface area (Å²) >= 11 is 0. The number of sulfonamides is 2. The van der Waals surface area contributed by atoms with Crippen LogP contribution in [0.5, 0.6) is 0 Å². The van der Waals surface area contributed by atoms with Crippen molar-refractivity contribution in [1.82, 2.24) is 9.29 Å². The van der Waals surface area contributed by atoms with Crippen LogP contribution >= 0.6 is 0 Å². The third-order valence-corrected chi connectivity index (χ3v) is 8.51. The highest BCUT2D eigenvalue weighted by Crippen LogP contribution is 2.34. The first-order valence-electron chi connectivity index (χ1n) is 7.91. The maximum absolute atomic E-state index is 12.9. The van der Waals surface area contributed by atoms with Crippen LogP contribution in [-0.2, 0) is 26.5 Å². The summed E-state index contributed by atoms with van der Waals surface area (Å²) in [6, 6.07) is 12.0. The van der Waals surface area contributed by atoms with Gasteiger partial charge >= 0.3 is 0 Å². The number of aromatic nitrogens is 1. The second-order valence-corrected chi connectivity index (χ2v) is 10.1. The smallest absolute Gasteiger partial charge is 0.260 e. The van der Waals surface area contributed by atoms with Gasteiger partial charge in [0.25, 0.3) is 10.0 Å². The van der Waals surface area contributed by atoms with Crippen molar-refractivity contribution in [1.29, 1.82) is 0 Å². The molecule has 1 saturated heterocycles. The van der Waals surface area contributed by atoms with E-state index in [-0.39, 0.29) is 18.1 Å². The van der Waals surface area contributed by atoms with Crippen LogP contribution in [0, 0.1) is 0 Å². The third kappa shape index (κ3) is 2.62. The lowest BCUT2D eigenvalue weighted by molar-refractivity contribution is 0.308. The quantitative estimate of drug-likeness (QED) is 0.786. The highest BCUT2D eigenvalue weighted by atomic mass is 32.2. The van der Waals surface area contributed by atoms with Gasteiger partial charge in [-0.15, -0.1) is 0 Å². The predicted molar refractivity (Wildman–Crippen MR) is 93.2 cm³/mol. The molecule has 1 aromatic heterocycles. The van der Waals surface area contributed by atoms with Crippen molar-refractivity contribution in [3.63, 3.8) is 0 Å². The lowest BCUT2D eigenvalue weighted by Crippen LogP contribution is -2.59. The van der Waals surface area contributed by atoms with E-state index in [2.05, 4.69) is 4.98 Å². The molecule has 0 saturated carbocycles. The molecule has 0 aliphatic carbocycles. The van der Waals surface area contributed by atoms with Crippen LogP contribution < -0.4 is 4.31 Å². The minimum absolute atomic E-state index is 0.0418. The largest absolute Gasteiger partial charge is 0.269 e. The van der Waals surface area contributed by atoms with Crippen LogP contribution in [0.4, 0.5) is 5.69 Å². The Morgan fingerprint density at radius 1 is 0.960 bits per heavy atom. The molecule has 2 aromatic rings. The van der Waals surface area contributed by atoms with Gasteiger partial charge in [0, 0.05) is 25.8 Å². The van der Waals surface area contributed by atoms with Crippen molar-refractivity contribution in [3.05, 3.63) is 54.2 Å². The molecular weight excluding hydrogens is 362 g/mol. The van der Waals surface area contributed by atoms with Crippen molar-refractivity contribution in [3.8, 4) is 0 Å². The van der Waals surface area contributed by atoms with E-state index in [1.165, 1.54) is 20.9 Å². The maximum atomic E-state index is 12.9. The van der Waals surface area contributed by atoms with E-state index in [9.17, 15) is 16.8 Å². The number of para-hydroxylation sites is 1. The maximum Gasteiger partial charge on any atom is 0.260 e. The van der Waals surface area contributed by atoms with E-state index >= 15 is 0 Å². The number of fused-ring (bicyclic) bond motifs is 1. The topological polar surface area (TPSA) is 87.6 Å². The molecule has 0 amide bonds. The first-order valence-corrected chi connectivity index (χ1v) is 10.9. The second kappa shape index (κ2) is 5.79. The Bertz CT molecular complexity index is 1000. The summed E-state index contributed by atoms with van der Waals surface area (Å²) in [6.45, 7) is 0.324. The van der Waals surface area contributed by atoms with E-state index in [1.807, 2.05) is 18.2 Å². The van der Waals surface area contributed by atoms with Gasteiger partial charge < -0.3 is 0 Å². The summed E-state index contributed by atoms with van der Waals surface area (Å²) < 4.78 is 53.3. The zero-order valence-corrected chi connectivity index (χ0v) is 14.9. The number of hydrogen-bond acceptors (Lipinski definition) is 5. The Hall–Kier alpha value is -1.97. The Kier molecular flexibility index (Phi) is 3.82. The second-order valence-electron chi connectivity index (χ2n) is 6.11. The first kappa shape index (κ1) is 16.5. The molecule has 1 aromatic carbocycles. The normalized spacial score (nSPS) is 18.8. The molecule has 1 fully saturated rings. The fraction of sp³-hybridized carbons (Fsp3) is 0.312. The summed E-state index contributed by atoms with van der Waals surface area (Å²) in [5.74, 6) is 0. The number of nitrogens with zero attached hydrogens (tertiary/aromatic N) is 3. The van der Waals surface area contributed by atoms with Crippen molar-refractivity contribution >= 4 is 25.7 Å². The standard InChI is InChI=1S/C16H17N3O4S2/c20-24(21,19-10-8-13-5-1-2-6-15(13)19)14-11-18(12-14)25(22,23)16-7-3-4-9-17-16/h1-7,9,14H,8,10-12H2. The molecule has 0 unspecified atom stereocenters. The highest BCUT2D eigenvalue weighted by Gasteiger charge is 2.47. The zero-order valence-electron chi connectivity index (χ0n) is 13.3. The van der Waals surface area contributed by atoms with Gasteiger partial charge in [-0.2, -0.15) is 4.31 Å². The van der Waals surface area contributed by atoms with E-state index in [0.29, 0.717) is 18.7 Å². The molecule has 0 atom stereocenters. The number of rotatable bonds is 4. The van der Waals surface area contributed by atoms with Crippen molar-refractivity contribution in [2.75, 3.05) is 23.9 Å². The van der Waals surface area contributed by atoms with Crippen molar-refractivity contribution in [2.45, 2.75) is 16.7 Å². The Morgan fingerprint density at radius 3 is 2.40 bits per heavy atom. The summed E-state index contributed by atoms with van der Waals surface area (Å²) in [6.07, 6.45) is 2.08. The number of benzene rings is 1. The van der Waals surface area contributed by atoms with Crippen LogP contribution in [0.25, 0.3) is 0 Å². The third-order valence-electron chi connectivity index (χ3n) is 4.63.